The highest BCUT2D eigenvalue weighted by Crippen LogP contribution is 2.28. The molecule has 1 atom stereocenters. The molecule has 0 N–H and O–H groups in total. The Morgan fingerprint density at radius 1 is 1.29 bits per heavy atom. The number of methoxy groups -OCH3 is 1. The average Bonchev–Trinajstić information content (AvgIpc) is 2.23. The molecule has 1 amide bonds. The van der Waals surface area contributed by atoms with Gasteiger partial charge in [0.05, 0.1) is 13.5 Å². The molecule has 0 saturated heterocycles. The monoisotopic (exact) mass is 243 g/mol. The predicted octanol–water partition coefficient (Wildman–Crippen LogP) is 2.08. The van der Waals surface area contributed by atoms with Crippen LogP contribution in [0.5, 0.6) is 0 Å². The zero-order chi connectivity index (χ0) is 13.6. The summed E-state index contributed by atoms with van der Waals surface area (Å²) in [6.45, 7) is 8.87. The van der Waals surface area contributed by atoms with Crippen molar-refractivity contribution < 1.29 is 14.3 Å². The second kappa shape index (κ2) is 6.62. The van der Waals surface area contributed by atoms with E-state index in [4.69, 9.17) is 0 Å². The highest BCUT2D eigenvalue weighted by atomic mass is 16.5. The van der Waals surface area contributed by atoms with Gasteiger partial charge >= 0.3 is 5.97 Å². The first-order valence-electron chi connectivity index (χ1n) is 5.99. The van der Waals surface area contributed by atoms with Gasteiger partial charge in [-0.15, -0.1) is 0 Å². The maximum Gasteiger partial charge on any atom is 0.307 e. The van der Waals surface area contributed by atoms with Crippen LogP contribution in [0.25, 0.3) is 0 Å². The fourth-order valence-corrected chi connectivity index (χ4v) is 1.21. The minimum atomic E-state index is -0.284. The molecule has 100 valence electrons. The Hall–Kier alpha value is -1.06. The predicted molar refractivity (Wildman–Crippen MR) is 67.5 cm³/mol. The van der Waals surface area contributed by atoms with Crippen LogP contribution >= 0.6 is 0 Å². The summed E-state index contributed by atoms with van der Waals surface area (Å²) in [5.74, 6) is 0.112. The standard InChI is InChI=1S/C13H25NO3/c1-10(13(2,3)4)9-11(15)14(5)8-7-12(16)17-6/h10H,7-9H2,1-6H3. The van der Waals surface area contributed by atoms with Crippen LogP contribution in [0.1, 0.15) is 40.5 Å². The highest BCUT2D eigenvalue weighted by molar-refractivity contribution is 5.77. The van der Waals surface area contributed by atoms with E-state index < -0.39 is 0 Å². The van der Waals surface area contributed by atoms with Crippen molar-refractivity contribution >= 4 is 11.9 Å². The normalized spacial score (nSPS) is 13.1. The van der Waals surface area contributed by atoms with Crippen molar-refractivity contribution in [3.63, 3.8) is 0 Å². The summed E-state index contributed by atoms with van der Waals surface area (Å²) in [6.07, 6.45) is 0.768. The van der Waals surface area contributed by atoms with Crippen LogP contribution in [0.4, 0.5) is 0 Å². The van der Waals surface area contributed by atoms with Gasteiger partial charge in [0.25, 0.3) is 0 Å². The number of carbonyl (C=O) groups is 2. The van der Waals surface area contributed by atoms with Gasteiger partial charge in [-0.1, -0.05) is 27.7 Å². The van der Waals surface area contributed by atoms with E-state index in [9.17, 15) is 9.59 Å². The minimum absolute atomic E-state index is 0.0799. The van der Waals surface area contributed by atoms with Crippen molar-refractivity contribution in [3.05, 3.63) is 0 Å². The molecule has 0 rings (SSSR count). The Kier molecular flexibility index (Phi) is 6.21. The maximum absolute atomic E-state index is 11.9. The van der Waals surface area contributed by atoms with E-state index in [0.29, 0.717) is 18.9 Å². The summed E-state index contributed by atoms with van der Waals surface area (Å²) in [5, 5.41) is 0. The first-order valence-corrected chi connectivity index (χ1v) is 5.99. The Balaban J connectivity index is 4.10. The van der Waals surface area contributed by atoms with E-state index in [1.807, 2.05) is 0 Å². The number of amides is 1. The van der Waals surface area contributed by atoms with Crippen LogP contribution in [0.3, 0.4) is 0 Å². The molecule has 0 radical (unpaired) electrons. The third-order valence-electron chi connectivity index (χ3n) is 3.26. The van der Waals surface area contributed by atoms with E-state index in [1.54, 1.807) is 11.9 Å². The van der Waals surface area contributed by atoms with Crippen molar-refractivity contribution in [3.8, 4) is 0 Å². The molecular weight excluding hydrogens is 218 g/mol. The summed E-state index contributed by atoms with van der Waals surface area (Å²) in [4.78, 5) is 24.4. The Morgan fingerprint density at radius 3 is 2.24 bits per heavy atom. The van der Waals surface area contributed by atoms with Gasteiger partial charge in [-0.25, -0.2) is 0 Å². The molecule has 0 aromatic carbocycles. The zero-order valence-electron chi connectivity index (χ0n) is 11.9. The lowest BCUT2D eigenvalue weighted by Gasteiger charge is -2.28. The molecule has 17 heavy (non-hydrogen) atoms. The summed E-state index contributed by atoms with van der Waals surface area (Å²) in [6, 6.07) is 0. The fourth-order valence-electron chi connectivity index (χ4n) is 1.21. The number of hydrogen-bond acceptors (Lipinski definition) is 3. The van der Waals surface area contributed by atoms with Gasteiger partial charge < -0.3 is 9.64 Å². The molecule has 0 aliphatic carbocycles. The van der Waals surface area contributed by atoms with Gasteiger partial charge in [0.15, 0.2) is 0 Å². The highest BCUT2D eigenvalue weighted by Gasteiger charge is 2.24. The molecule has 0 saturated carbocycles. The van der Waals surface area contributed by atoms with Crippen LogP contribution in [-0.2, 0) is 14.3 Å². The Labute approximate surface area is 104 Å². The number of nitrogens with zero attached hydrogens (tertiary/aromatic N) is 1. The number of carbonyl (C=O) groups excluding carboxylic acids is 2. The molecule has 0 aliphatic rings. The third kappa shape index (κ3) is 6.29. The van der Waals surface area contributed by atoms with Crippen LogP contribution < -0.4 is 0 Å². The van der Waals surface area contributed by atoms with Crippen molar-refractivity contribution in [2.45, 2.75) is 40.5 Å². The maximum atomic E-state index is 11.9. The molecule has 4 heteroatoms. The van der Waals surface area contributed by atoms with Crippen LogP contribution in [0.2, 0.25) is 0 Å². The summed E-state index contributed by atoms with van der Waals surface area (Å²) in [7, 11) is 3.08. The number of rotatable bonds is 5. The SMILES string of the molecule is COC(=O)CCN(C)C(=O)CC(C)C(C)(C)C. The minimum Gasteiger partial charge on any atom is -0.469 e. The van der Waals surface area contributed by atoms with Crippen molar-refractivity contribution in [2.75, 3.05) is 20.7 Å². The lowest BCUT2D eigenvalue weighted by atomic mass is 9.80. The molecule has 0 aliphatic heterocycles. The largest absolute Gasteiger partial charge is 0.469 e. The van der Waals surface area contributed by atoms with Gasteiger partial charge in [-0.05, 0) is 11.3 Å². The molecule has 4 nitrogen and oxygen atoms in total. The summed E-state index contributed by atoms with van der Waals surface area (Å²) in [5.41, 5.74) is 0.124. The van der Waals surface area contributed by atoms with Crippen LogP contribution in [0, 0.1) is 11.3 Å². The van der Waals surface area contributed by atoms with Gasteiger partial charge in [0.2, 0.25) is 5.91 Å². The van der Waals surface area contributed by atoms with Gasteiger partial charge in [0, 0.05) is 20.0 Å². The molecule has 0 bridgehead atoms. The van der Waals surface area contributed by atoms with Crippen molar-refractivity contribution in [1.29, 1.82) is 0 Å². The van der Waals surface area contributed by atoms with Gasteiger partial charge in [-0.3, -0.25) is 9.59 Å². The van der Waals surface area contributed by atoms with Gasteiger partial charge in [-0.2, -0.15) is 0 Å². The molecule has 0 aromatic rings. The molecule has 1 unspecified atom stereocenters. The number of esters is 1. The Morgan fingerprint density at radius 2 is 1.82 bits per heavy atom. The van der Waals surface area contributed by atoms with Crippen LogP contribution in [0.15, 0.2) is 0 Å². The third-order valence-corrected chi connectivity index (χ3v) is 3.26. The lowest BCUT2D eigenvalue weighted by molar-refractivity contribution is -0.141. The number of hydrogen-bond donors (Lipinski definition) is 0. The summed E-state index contributed by atoms with van der Waals surface area (Å²) >= 11 is 0. The van der Waals surface area contributed by atoms with Gasteiger partial charge in [0.1, 0.15) is 0 Å². The van der Waals surface area contributed by atoms with Crippen molar-refractivity contribution in [2.24, 2.45) is 11.3 Å². The smallest absolute Gasteiger partial charge is 0.307 e. The molecular formula is C13H25NO3. The van der Waals surface area contributed by atoms with Crippen LogP contribution in [-0.4, -0.2) is 37.5 Å². The van der Waals surface area contributed by atoms with Crippen molar-refractivity contribution in [1.82, 2.24) is 4.90 Å². The zero-order valence-corrected chi connectivity index (χ0v) is 11.9. The first kappa shape index (κ1) is 15.9. The van der Waals surface area contributed by atoms with E-state index in [0.717, 1.165) is 0 Å². The molecule has 0 spiro atoms. The first-order chi connectivity index (χ1) is 7.68. The Bertz CT molecular complexity index is 268. The average molecular weight is 243 g/mol. The molecule has 0 aromatic heterocycles. The quantitative estimate of drug-likeness (QED) is 0.694. The summed E-state index contributed by atoms with van der Waals surface area (Å²) < 4.78 is 4.54. The molecule has 0 heterocycles. The van der Waals surface area contributed by atoms with E-state index >= 15 is 0 Å². The second-order valence-corrected chi connectivity index (χ2v) is 5.61. The van der Waals surface area contributed by atoms with E-state index in [1.165, 1.54) is 7.11 Å². The lowest BCUT2D eigenvalue weighted by Crippen LogP contribution is -2.32. The van der Waals surface area contributed by atoms with E-state index in [-0.39, 0.29) is 23.7 Å². The molecule has 0 fully saturated rings. The second-order valence-electron chi connectivity index (χ2n) is 5.61. The fraction of sp³-hybridized carbons (Fsp3) is 0.846. The van der Waals surface area contributed by atoms with E-state index in [2.05, 4.69) is 32.4 Å². The number of ether oxygens (including phenoxy) is 1. The topological polar surface area (TPSA) is 46.6 Å².